The SMILES string of the molecule is CC(=O)c1c(C)[nH]c(C(=O)NCC2CCCO2)c1C. The molecule has 0 aromatic carbocycles. The molecule has 2 N–H and O–H groups in total. The summed E-state index contributed by atoms with van der Waals surface area (Å²) in [6.07, 6.45) is 2.16. The number of hydrogen-bond acceptors (Lipinski definition) is 3. The number of carbonyl (C=O) groups is 2. The van der Waals surface area contributed by atoms with Crippen molar-refractivity contribution in [3.8, 4) is 0 Å². The van der Waals surface area contributed by atoms with Gasteiger partial charge >= 0.3 is 0 Å². The fourth-order valence-electron chi connectivity index (χ4n) is 2.61. The molecule has 1 fully saturated rings. The molecule has 1 aliphatic rings. The highest BCUT2D eigenvalue weighted by molar-refractivity contribution is 6.02. The second kappa shape index (κ2) is 5.57. The van der Waals surface area contributed by atoms with Crippen LogP contribution in [0.1, 0.15) is 51.9 Å². The number of aromatic amines is 1. The lowest BCUT2D eigenvalue weighted by molar-refractivity contribution is 0.0853. The van der Waals surface area contributed by atoms with E-state index in [9.17, 15) is 9.59 Å². The molecule has 0 aliphatic carbocycles. The first kappa shape index (κ1) is 13.8. The lowest BCUT2D eigenvalue weighted by Gasteiger charge is -2.10. The maximum Gasteiger partial charge on any atom is 0.268 e. The Hall–Kier alpha value is -1.62. The molecule has 0 saturated carbocycles. The Morgan fingerprint density at radius 2 is 2.16 bits per heavy atom. The molecule has 1 saturated heterocycles. The van der Waals surface area contributed by atoms with Crippen LogP contribution in [0.3, 0.4) is 0 Å². The topological polar surface area (TPSA) is 71.2 Å². The van der Waals surface area contributed by atoms with Gasteiger partial charge in [0.05, 0.1) is 6.10 Å². The van der Waals surface area contributed by atoms with Crippen LogP contribution in [0.5, 0.6) is 0 Å². The van der Waals surface area contributed by atoms with Crippen molar-refractivity contribution in [2.24, 2.45) is 0 Å². The molecule has 2 heterocycles. The molecule has 104 valence electrons. The van der Waals surface area contributed by atoms with E-state index < -0.39 is 0 Å². The lowest BCUT2D eigenvalue weighted by atomic mass is 10.1. The first-order valence-corrected chi connectivity index (χ1v) is 6.60. The highest BCUT2D eigenvalue weighted by atomic mass is 16.5. The fourth-order valence-corrected chi connectivity index (χ4v) is 2.61. The Bertz CT molecular complexity index is 499. The van der Waals surface area contributed by atoms with E-state index in [1.54, 1.807) is 13.8 Å². The van der Waals surface area contributed by atoms with Crippen molar-refractivity contribution >= 4 is 11.7 Å². The predicted molar refractivity (Wildman–Crippen MR) is 71.6 cm³/mol. The van der Waals surface area contributed by atoms with Gasteiger partial charge in [0.25, 0.3) is 5.91 Å². The van der Waals surface area contributed by atoms with Gasteiger partial charge in [0.15, 0.2) is 5.78 Å². The van der Waals surface area contributed by atoms with Crippen molar-refractivity contribution in [3.05, 3.63) is 22.5 Å². The Morgan fingerprint density at radius 1 is 1.42 bits per heavy atom. The zero-order valence-electron chi connectivity index (χ0n) is 11.6. The van der Waals surface area contributed by atoms with E-state index in [1.165, 1.54) is 6.92 Å². The molecule has 0 radical (unpaired) electrons. The summed E-state index contributed by atoms with van der Waals surface area (Å²) in [6, 6.07) is 0. The molecule has 1 amide bonds. The summed E-state index contributed by atoms with van der Waals surface area (Å²) >= 11 is 0. The second-order valence-electron chi connectivity index (χ2n) is 5.03. The molecule has 19 heavy (non-hydrogen) atoms. The maximum atomic E-state index is 12.1. The number of ether oxygens (including phenoxy) is 1. The minimum atomic E-state index is -0.177. The van der Waals surface area contributed by atoms with E-state index in [0.717, 1.165) is 30.7 Å². The zero-order chi connectivity index (χ0) is 14.0. The normalized spacial score (nSPS) is 18.6. The minimum Gasteiger partial charge on any atom is -0.376 e. The molecule has 1 aromatic rings. The van der Waals surface area contributed by atoms with Crippen LogP contribution in [0, 0.1) is 13.8 Å². The second-order valence-corrected chi connectivity index (χ2v) is 5.03. The molecular formula is C14H20N2O3. The van der Waals surface area contributed by atoms with Gasteiger partial charge in [-0.3, -0.25) is 9.59 Å². The van der Waals surface area contributed by atoms with Gasteiger partial charge in [-0.1, -0.05) is 0 Å². The van der Waals surface area contributed by atoms with Crippen molar-refractivity contribution in [2.75, 3.05) is 13.2 Å². The quantitative estimate of drug-likeness (QED) is 0.814. The van der Waals surface area contributed by atoms with Gasteiger partial charge in [-0.05, 0) is 39.2 Å². The molecule has 1 aromatic heterocycles. The number of amides is 1. The van der Waals surface area contributed by atoms with Gasteiger partial charge < -0.3 is 15.0 Å². The number of rotatable bonds is 4. The van der Waals surface area contributed by atoms with Crippen LogP contribution in [-0.2, 0) is 4.74 Å². The maximum absolute atomic E-state index is 12.1. The van der Waals surface area contributed by atoms with Crippen molar-refractivity contribution in [1.29, 1.82) is 0 Å². The standard InChI is InChI=1S/C14H20N2O3/c1-8-12(10(3)17)9(2)16-13(8)14(18)15-7-11-5-4-6-19-11/h11,16H,4-7H2,1-3H3,(H,15,18). The molecule has 5 heteroatoms. The van der Waals surface area contributed by atoms with Crippen LogP contribution in [0.15, 0.2) is 0 Å². The number of aryl methyl sites for hydroxylation is 1. The highest BCUT2D eigenvalue weighted by Crippen LogP contribution is 2.18. The van der Waals surface area contributed by atoms with Crippen LogP contribution in [0.2, 0.25) is 0 Å². The van der Waals surface area contributed by atoms with Crippen LogP contribution >= 0.6 is 0 Å². The van der Waals surface area contributed by atoms with E-state index in [-0.39, 0.29) is 17.8 Å². The summed E-state index contributed by atoms with van der Waals surface area (Å²) in [5.74, 6) is -0.201. The van der Waals surface area contributed by atoms with Crippen LogP contribution < -0.4 is 5.32 Å². The summed E-state index contributed by atoms with van der Waals surface area (Å²) in [4.78, 5) is 26.6. The number of Topliss-reactive ketones (excluding diaryl/α,β-unsaturated/α-hetero) is 1. The van der Waals surface area contributed by atoms with Crippen molar-refractivity contribution in [2.45, 2.75) is 39.7 Å². The molecule has 0 bridgehead atoms. The third-order valence-corrected chi connectivity index (χ3v) is 3.53. The van der Waals surface area contributed by atoms with Crippen molar-refractivity contribution in [1.82, 2.24) is 10.3 Å². The summed E-state index contributed by atoms with van der Waals surface area (Å²) in [7, 11) is 0. The molecule has 5 nitrogen and oxygen atoms in total. The average molecular weight is 264 g/mol. The number of carbonyl (C=O) groups excluding carboxylic acids is 2. The number of ketones is 1. The molecule has 1 atom stereocenters. The molecule has 0 spiro atoms. The summed E-state index contributed by atoms with van der Waals surface area (Å²) < 4.78 is 5.46. The van der Waals surface area contributed by atoms with Gasteiger partial charge in [-0.25, -0.2) is 0 Å². The largest absolute Gasteiger partial charge is 0.376 e. The van der Waals surface area contributed by atoms with Gasteiger partial charge in [-0.2, -0.15) is 0 Å². The lowest BCUT2D eigenvalue weighted by Crippen LogP contribution is -2.32. The Balaban J connectivity index is 2.06. The van der Waals surface area contributed by atoms with E-state index in [2.05, 4.69) is 10.3 Å². The van der Waals surface area contributed by atoms with E-state index in [0.29, 0.717) is 17.8 Å². The van der Waals surface area contributed by atoms with Crippen LogP contribution in [-0.4, -0.2) is 35.9 Å². The first-order valence-electron chi connectivity index (χ1n) is 6.60. The number of hydrogen-bond donors (Lipinski definition) is 2. The van der Waals surface area contributed by atoms with E-state index in [4.69, 9.17) is 4.74 Å². The fraction of sp³-hybridized carbons (Fsp3) is 0.571. The Morgan fingerprint density at radius 3 is 2.68 bits per heavy atom. The van der Waals surface area contributed by atoms with Gasteiger partial charge in [0.1, 0.15) is 5.69 Å². The number of aromatic nitrogens is 1. The first-order chi connectivity index (χ1) is 9.00. The monoisotopic (exact) mass is 264 g/mol. The summed E-state index contributed by atoms with van der Waals surface area (Å²) in [5, 5.41) is 2.85. The third-order valence-electron chi connectivity index (χ3n) is 3.53. The van der Waals surface area contributed by atoms with Crippen molar-refractivity contribution in [3.63, 3.8) is 0 Å². The Kier molecular flexibility index (Phi) is 4.04. The zero-order valence-corrected chi connectivity index (χ0v) is 11.6. The van der Waals surface area contributed by atoms with Gasteiger partial charge in [0, 0.05) is 24.4 Å². The highest BCUT2D eigenvalue weighted by Gasteiger charge is 2.21. The molecule has 1 aliphatic heterocycles. The summed E-state index contributed by atoms with van der Waals surface area (Å²) in [5.41, 5.74) is 2.55. The average Bonchev–Trinajstić information content (AvgIpc) is 2.94. The Labute approximate surface area is 112 Å². The van der Waals surface area contributed by atoms with Crippen LogP contribution in [0.4, 0.5) is 0 Å². The van der Waals surface area contributed by atoms with E-state index >= 15 is 0 Å². The van der Waals surface area contributed by atoms with Gasteiger partial charge in [0.2, 0.25) is 0 Å². The van der Waals surface area contributed by atoms with Crippen LogP contribution in [0.25, 0.3) is 0 Å². The smallest absolute Gasteiger partial charge is 0.268 e. The predicted octanol–water partition coefficient (Wildman–Crippen LogP) is 1.74. The number of H-pyrrole nitrogens is 1. The molecule has 1 unspecified atom stereocenters. The van der Waals surface area contributed by atoms with Crippen molar-refractivity contribution < 1.29 is 14.3 Å². The molecular weight excluding hydrogens is 244 g/mol. The van der Waals surface area contributed by atoms with E-state index in [1.807, 2.05) is 0 Å². The number of nitrogens with one attached hydrogen (secondary N) is 2. The molecule has 2 rings (SSSR count). The minimum absolute atomic E-state index is 0.0237. The third kappa shape index (κ3) is 2.87. The van der Waals surface area contributed by atoms with Gasteiger partial charge in [-0.15, -0.1) is 0 Å². The summed E-state index contributed by atoms with van der Waals surface area (Å²) in [6.45, 7) is 6.40.